The maximum Gasteiger partial charge on any atom is 0.252 e. The van der Waals surface area contributed by atoms with E-state index in [0.717, 1.165) is 16.3 Å². The smallest absolute Gasteiger partial charge is 0.252 e. The van der Waals surface area contributed by atoms with E-state index in [9.17, 15) is 9.59 Å². The molecule has 0 radical (unpaired) electrons. The van der Waals surface area contributed by atoms with Crippen LogP contribution in [-0.2, 0) is 11.2 Å². The maximum absolute atomic E-state index is 13.0. The van der Waals surface area contributed by atoms with Crippen LogP contribution in [0.4, 0.5) is 5.82 Å². The maximum atomic E-state index is 13.0. The summed E-state index contributed by atoms with van der Waals surface area (Å²) >= 11 is 7.71. The van der Waals surface area contributed by atoms with Crippen molar-refractivity contribution >= 4 is 40.6 Å². The molecule has 1 fully saturated rings. The van der Waals surface area contributed by atoms with Crippen LogP contribution < -0.4 is 16.0 Å². The van der Waals surface area contributed by atoms with Gasteiger partial charge in [-0.25, -0.2) is 9.97 Å². The Labute approximate surface area is 208 Å². The van der Waals surface area contributed by atoms with Gasteiger partial charge >= 0.3 is 0 Å². The lowest BCUT2D eigenvalue weighted by molar-refractivity contribution is -0.120. The highest BCUT2D eigenvalue weighted by atomic mass is 35.5. The van der Waals surface area contributed by atoms with Gasteiger partial charge in [0.05, 0.1) is 23.2 Å². The molecule has 3 aromatic rings. The molecule has 2 amide bonds. The standard InChI is InChI=1S/C25H28ClN5O2S/c1-27-22-12-18(11-21(26)31-22)24(33)30-20(16-7-3-2-4-8-16)14-28-23(32)13-19-15-34-25(29-19)17-9-5-6-10-17/h2-4,7-8,11-12,15,17,20H,5-6,9-10,13-14H2,1H3,(H,27,31)(H,28,32)(H,30,33). The number of hydrogen-bond donors (Lipinski definition) is 3. The first-order chi connectivity index (χ1) is 16.5. The zero-order chi connectivity index (χ0) is 23.9. The summed E-state index contributed by atoms with van der Waals surface area (Å²) in [6.45, 7) is 0.256. The Morgan fingerprint density at radius 3 is 2.65 bits per heavy atom. The van der Waals surface area contributed by atoms with Crippen molar-refractivity contribution in [1.29, 1.82) is 0 Å². The number of nitrogens with zero attached hydrogens (tertiary/aromatic N) is 2. The second kappa shape index (κ2) is 11.4. The highest BCUT2D eigenvalue weighted by Gasteiger charge is 2.21. The molecule has 0 spiro atoms. The molecule has 0 bridgehead atoms. The third-order valence-electron chi connectivity index (χ3n) is 5.94. The number of carbonyl (C=O) groups excluding carboxylic acids is 2. The first-order valence-corrected chi connectivity index (χ1v) is 12.7. The molecular formula is C25H28ClN5O2S. The lowest BCUT2D eigenvalue weighted by Gasteiger charge is -2.20. The number of aromatic nitrogens is 2. The minimum Gasteiger partial charge on any atom is -0.373 e. The minimum absolute atomic E-state index is 0.122. The molecule has 3 N–H and O–H groups in total. The van der Waals surface area contributed by atoms with Gasteiger partial charge in [-0.3, -0.25) is 9.59 Å². The van der Waals surface area contributed by atoms with Crippen LogP contribution in [0.5, 0.6) is 0 Å². The second-order valence-corrected chi connectivity index (χ2v) is 9.67. The van der Waals surface area contributed by atoms with Crippen molar-refractivity contribution in [3.8, 4) is 0 Å². The number of halogens is 1. The number of anilines is 1. The van der Waals surface area contributed by atoms with Gasteiger partial charge < -0.3 is 16.0 Å². The summed E-state index contributed by atoms with van der Waals surface area (Å²) in [5.41, 5.74) is 2.08. The molecule has 4 rings (SSSR count). The Hall–Kier alpha value is -2.97. The van der Waals surface area contributed by atoms with Gasteiger partial charge in [-0.2, -0.15) is 0 Å². The number of hydrogen-bond acceptors (Lipinski definition) is 6. The molecule has 178 valence electrons. The number of benzene rings is 1. The van der Waals surface area contributed by atoms with Gasteiger partial charge in [-0.05, 0) is 30.5 Å². The van der Waals surface area contributed by atoms with Crippen molar-refractivity contribution in [2.75, 3.05) is 18.9 Å². The summed E-state index contributed by atoms with van der Waals surface area (Å²) in [5, 5.41) is 12.2. The van der Waals surface area contributed by atoms with Crippen LogP contribution in [0.15, 0.2) is 47.8 Å². The first kappa shape index (κ1) is 24.2. The van der Waals surface area contributed by atoms with E-state index in [2.05, 4.69) is 20.9 Å². The fourth-order valence-electron chi connectivity index (χ4n) is 4.14. The third kappa shape index (κ3) is 6.33. The number of amides is 2. The normalized spacial score (nSPS) is 14.5. The topological polar surface area (TPSA) is 96.0 Å². The molecule has 1 unspecified atom stereocenters. The fourth-order valence-corrected chi connectivity index (χ4v) is 5.34. The van der Waals surface area contributed by atoms with Crippen LogP contribution in [-0.4, -0.2) is 35.4 Å². The van der Waals surface area contributed by atoms with Gasteiger partial charge in [0.15, 0.2) is 0 Å². The van der Waals surface area contributed by atoms with E-state index in [-0.39, 0.29) is 29.9 Å². The van der Waals surface area contributed by atoms with E-state index >= 15 is 0 Å². The van der Waals surface area contributed by atoms with Crippen LogP contribution in [0.3, 0.4) is 0 Å². The molecule has 2 aromatic heterocycles. The molecule has 1 atom stereocenters. The average molecular weight is 498 g/mol. The lowest BCUT2D eigenvalue weighted by Crippen LogP contribution is -2.38. The van der Waals surface area contributed by atoms with Crippen molar-refractivity contribution in [2.24, 2.45) is 0 Å². The van der Waals surface area contributed by atoms with Gasteiger partial charge in [0.1, 0.15) is 11.0 Å². The summed E-state index contributed by atoms with van der Waals surface area (Å²) in [6, 6.07) is 12.3. The highest BCUT2D eigenvalue weighted by Crippen LogP contribution is 2.35. The predicted molar refractivity (Wildman–Crippen MR) is 135 cm³/mol. The van der Waals surface area contributed by atoms with E-state index in [1.54, 1.807) is 24.5 Å². The number of pyridine rings is 1. The molecule has 2 heterocycles. The average Bonchev–Trinajstić information content (AvgIpc) is 3.54. The summed E-state index contributed by atoms with van der Waals surface area (Å²) in [4.78, 5) is 34.4. The van der Waals surface area contributed by atoms with Gasteiger partial charge in [0, 0.05) is 30.5 Å². The van der Waals surface area contributed by atoms with E-state index in [4.69, 9.17) is 16.6 Å². The quantitative estimate of drug-likeness (QED) is 0.372. The lowest BCUT2D eigenvalue weighted by atomic mass is 10.1. The van der Waals surface area contributed by atoms with Crippen molar-refractivity contribution in [2.45, 2.75) is 44.1 Å². The van der Waals surface area contributed by atoms with Crippen LogP contribution in [0.1, 0.15) is 64.3 Å². The summed E-state index contributed by atoms with van der Waals surface area (Å²) in [5.74, 6) is 0.625. The zero-order valence-electron chi connectivity index (χ0n) is 19.0. The summed E-state index contributed by atoms with van der Waals surface area (Å²) in [6.07, 6.45) is 5.12. The number of nitrogens with one attached hydrogen (secondary N) is 3. The second-order valence-electron chi connectivity index (χ2n) is 8.39. The SMILES string of the molecule is CNc1cc(C(=O)NC(CNC(=O)Cc2csc(C3CCCC3)n2)c2ccccc2)cc(Cl)n1. The van der Waals surface area contributed by atoms with E-state index in [1.165, 1.54) is 31.7 Å². The fraction of sp³-hybridized carbons (Fsp3) is 0.360. The number of carbonyl (C=O) groups is 2. The van der Waals surface area contributed by atoms with Crippen molar-refractivity contribution in [3.63, 3.8) is 0 Å². The summed E-state index contributed by atoms with van der Waals surface area (Å²) in [7, 11) is 1.71. The van der Waals surface area contributed by atoms with Gasteiger partial charge in [0.2, 0.25) is 5.91 Å². The first-order valence-electron chi connectivity index (χ1n) is 11.4. The van der Waals surface area contributed by atoms with Gasteiger partial charge in [-0.1, -0.05) is 54.8 Å². The Bertz CT molecular complexity index is 1130. The summed E-state index contributed by atoms with van der Waals surface area (Å²) < 4.78 is 0. The van der Waals surface area contributed by atoms with E-state index in [0.29, 0.717) is 17.3 Å². The molecule has 34 heavy (non-hydrogen) atoms. The Balaban J connectivity index is 1.40. The van der Waals surface area contributed by atoms with Crippen molar-refractivity contribution in [1.82, 2.24) is 20.6 Å². The molecule has 1 saturated carbocycles. The van der Waals surface area contributed by atoms with E-state index in [1.807, 2.05) is 35.7 Å². The van der Waals surface area contributed by atoms with Crippen LogP contribution in [0, 0.1) is 0 Å². The molecule has 0 aliphatic heterocycles. The Kier molecular flexibility index (Phi) is 8.13. The van der Waals surface area contributed by atoms with Crippen LogP contribution in [0.25, 0.3) is 0 Å². The molecular weight excluding hydrogens is 470 g/mol. The van der Waals surface area contributed by atoms with Crippen molar-refractivity contribution < 1.29 is 9.59 Å². The number of rotatable bonds is 9. The van der Waals surface area contributed by atoms with Crippen LogP contribution in [0.2, 0.25) is 5.15 Å². The molecule has 7 nitrogen and oxygen atoms in total. The molecule has 1 aliphatic carbocycles. The van der Waals surface area contributed by atoms with Crippen LogP contribution >= 0.6 is 22.9 Å². The monoisotopic (exact) mass is 497 g/mol. The van der Waals surface area contributed by atoms with E-state index < -0.39 is 6.04 Å². The molecule has 9 heteroatoms. The zero-order valence-corrected chi connectivity index (χ0v) is 20.6. The molecule has 1 aliphatic rings. The minimum atomic E-state index is -0.410. The Morgan fingerprint density at radius 1 is 1.15 bits per heavy atom. The number of thiazole rings is 1. The Morgan fingerprint density at radius 2 is 1.91 bits per heavy atom. The van der Waals surface area contributed by atoms with Gasteiger partial charge in [0.25, 0.3) is 5.91 Å². The molecule has 1 aromatic carbocycles. The third-order valence-corrected chi connectivity index (χ3v) is 7.19. The highest BCUT2D eigenvalue weighted by molar-refractivity contribution is 7.09. The predicted octanol–water partition coefficient (Wildman–Crippen LogP) is 4.72. The van der Waals surface area contributed by atoms with Crippen molar-refractivity contribution in [3.05, 3.63) is 74.8 Å². The molecule has 0 saturated heterocycles. The van der Waals surface area contributed by atoms with Gasteiger partial charge in [-0.15, -0.1) is 11.3 Å². The largest absolute Gasteiger partial charge is 0.373 e.